The molecule has 5 nitrogen and oxygen atoms in total. The van der Waals surface area contributed by atoms with Gasteiger partial charge < -0.3 is 10.1 Å². The molecule has 158 valence electrons. The van der Waals surface area contributed by atoms with E-state index in [9.17, 15) is 4.79 Å². The van der Waals surface area contributed by atoms with Gasteiger partial charge in [-0.15, -0.1) is 0 Å². The molecule has 1 unspecified atom stereocenters. The van der Waals surface area contributed by atoms with Gasteiger partial charge in [0.05, 0.1) is 17.5 Å². The van der Waals surface area contributed by atoms with Gasteiger partial charge in [0.25, 0.3) is 5.56 Å². The number of nitrogens with one attached hydrogen (secondary N) is 1. The Balaban J connectivity index is 1.83. The monoisotopic (exact) mass is 405 g/mol. The highest BCUT2D eigenvalue weighted by atomic mass is 16.5. The number of ether oxygens (including phenoxy) is 1. The first-order valence-corrected chi connectivity index (χ1v) is 11.0. The van der Waals surface area contributed by atoms with E-state index in [1.54, 1.807) is 0 Å². The van der Waals surface area contributed by atoms with Gasteiger partial charge in [-0.3, -0.25) is 9.36 Å². The smallest absolute Gasteiger partial charge is 0.261 e. The van der Waals surface area contributed by atoms with Gasteiger partial charge in [-0.05, 0) is 68.5 Å². The van der Waals surface area contributed by atoms with Crippen molar-refractivity contribution in [3.05, 3.63) is 58.4 Å². The average molecular weight is 406 g/mol. The van der Waals surface area contributed by atoms with Crippen molar-refractivity contribution in [2.45, 2.75) is 40.2 Å². The molecule has 3 aromatic rings. The van der Waals surface area contributed by atoms with Crippen molar-refractivity contribution in [3.63, 3.8) is 0 Å². The van der Waals surface area contributed by atoms with Crippen LogP contribution in [-0.4, -0.2) is 29.2 Å². The second-order valence-electron chi connectivity index (χ2n) is 8.76. The fraction of sp³-hybridized carbons (Fsp3) is 0.440. The van der Waals surface area contributed by atoms with Crippen LogP contribution in [0.5, 0.6) is 5.75 Å². The summed E-state index contributed by atoms with van der Waals surface area (Å²) >= 11 is 0. The molecule has 2 aromatic carbocycles. The zero-order valence-corrected chi connectivity index (χ0v) is 18.1. The molecule has 1 aromatic heterocycles. The van der Waals surface area contributed by atoms with Crippen molar-refractivity contribution in [1.29, 1.82) is 0 Å². The van der Waals surface area contributed by atoms with E-state index >= 15 is 0 Å². The molecule has 0 amide bonds. The van der Waals surface area contributed by atoms with E-state index in [0.717, 1.165) is 48.6 Å². The standard InChI is InChI=1S/C25H31N3O2/c1-17(2)16-30-20-10-11-23-22(13-20)25(29)28(15-19-8-6-12-26-14-19)24(27-23)21-9-5-4-7-18(21)3/h4-5,7,9-11,13,17,19,26H,6,8,12,14-16H2,1-3H3. The van der Waals surface area contributed by atoms with Crippen LogP contribution in [0.1, 0.15) is 32.3 Å². The number of piperidine rings is 1. The summed E-state index contributed by atoms with van der Waals surface area (Å²) in [7, 11) is 0. The van der Waals surface area contributed by atoms with Gasteiger partial charge in [0, 0.05) is 12.1 Å². The van der Waals surface area contributed by atoms with Gasteiger partial charge in [-0.25, -0.2) is 4.98 Å². The van der Waals surface area contributed by atoms with E-state index in [1.807, 2.05) is 34.9 Å². The van der Waals surface area contributed by atoms with E-state index in [-0.39, 0.29) is 5.56 Å². The number of hydrogen-bond acceptors (Lipinski definition) is 4. The molecular weight excluding hydrogens is 374 g/mol. The largest absolute Gasteiger partial charge is 0.493 e. The van der Waals surface area contributed by atoms with Crippen molar-refractivity contribution in [2.24, 2.45) is 11.8 Å². The molecule has 0 spiro atoms. The second kappa shape index (κ2) is 9.00. The molecule has 1 aliphatic rings. The third kappa shape index (κ3) is 4.41. The minimum absolute atomic E-state index is 0.0128. The third-order valence-corrected chi connectivity index (χ3v) is 5.73. The van der Waals surface area contributed by atoms with Gasteiger partial charge in [0.1, 0.15) is 11.6 Å². The van der Waals surface area contributed by atoms with Gasteiger partial charge in [-0.2, -0.15) is 0 Å². The quantitative estimate of drug-likeness (QED) is 0.660. The molecule has 1 fully saturated rings. The highest BCUT2D eigenvalue weighted by Crippen LogP contribution is 2.26. The van der Waals surface area contributed by atoms with Crippen molar-refractivity contribution < 1.29 is 4.74 Å². The van der Waals surface area contributed by atoms with E-state index in [2.05, 4.69) is 38.2 Å². The molecule has 30 heavy (non-hydrogen) atoms. The van der Waals surface area contributed by atoms with Gasteiger partial charge in [0.2, 0.25) is 0 Å². The Hall–Kier alpha value is -2.66. The number of aryl methyl sites for hydroxylation is 1. The molecule has 5 heteroatoms. The van der Waals surface area contributed by atoms with Crippen LogP contribution in [0.2, 0.25) is 0 Å². The van der Waals surface area contributed by atoms with Crippen molar-refractivity contribution in [2.75, 3.05) is 19.7 Å². The van der Waals surface area contributed by atoms with Crippen molar-refractivity contribution >= 4 is 10.9 Å². The van der Waals surface area contributed by atoms with Crippen LogP contribution in [0.15, 0.2) is 47.3 Å². The molecule has 4 rings (SSSR count). The zero-order chi connectivity index (χ0) is 21.1. The van der Waals surface area contributed by atoms with Crippen LogP contribution >= 0.6 is 0 Å². The third-order valence-electron chi connectivity index (χ3n) is 5.73. The highest BCUT2D eigenvalue weighted by Gasteiger charge is 2.20. The summed E-state index contributed by atoms with van der Waals surface area (Å²) in [4.78, 5) is 18.6. The van der Waals surface area contributed by atoms with Crippen LogP contribution in [-0.2, 0) is 6.54 Å². The normalized spacial score (nSPS) is 16.9. The van der Waals surface area contributed by atoms with Gasteiger partial charge in [0.15, 0.2) is 0 Å². The second-order valence-corrected chi connectivity index (χ2v) is 8.76. The predicted molar refractivity (Wildman–Crippen MR) is 122 cm³/mol. The molecule has 1 N–H and O–H groups in total. The van der Waals surface area contributed by atoms with E-state index in [4.69, 9.17) is 9.72 Å². The Bertz CT molecular complexity index is 1080. The lowest BCUT2D eigenvalue weighted by Crippen LogP contribution is -2.35. The van der Waals surface area contributed by atoms with Gasteiger partial charge in [-0.1, -0.05) is 38.1 Å². The molecule has 0 aliphatic carbocycles. The van der Waals surface area contributed by atoms with Crippen LogP contribution in [0.4, 0.5) is 0 Å². The summed E-state index contributed by atoms with van der Waals surface area (Å²) in [6, 6.07) is 13.8. The highest BCUT2D eigenvalue weighted by molar-refractivity contribution is 5.81. The Morgan fingerprint density at radius 3 is 2.80 bits per heavy atom. The molecule has 1 aliphatic heterocycles. The SMILES string of the molecule is Cc1ccccc1-c1nc2ccc(OCC(C)C)cc2c(=O)n1CC1CCCNC1. The summed E-state index contributed by atoms with van der Waals surface area (Å²) in [5.41, 5.74) is 2.86. The molecule has 1 saturated heterocycles. The first-order valence-electron chi connectivity index (χ1n) is 11.0. The fourth-order valence-electron chi connectivity index (χ4n) is 4.09. The van der Waals surface area contributed by atoms with Crippen molar-refractivity contribution in [3.8, 4) is 17.1 Å². The minimum Gasteiger partial charge on any atom is -0.493 e. The maximum absolute atomic E-state index is 13.6. The molecule has 0 saturated carbocycles. The minimum atomic E-state index is 0.0128. The summed E-state index contributed by atoms with van der Waals surface area (Å²) in [6.07, 6.45) is 2.27. The predicted octanol–water partition coefficient (Wildman–Crippen LogP) is 4.41. The van der Waals surface area contributed by atoms with Crippen LogP contribution < -0.4 is 15.6 Å². The maximum atomic E-state index is 13.6. The van der Waals surface area contributed by atoms with Crippen LogP contribution in [0, 0.1) is 18.8 Å². The fourth-order valence-corrected chi connectivity index (χ4v) is 4.09. The lowest BCUT2D eigenvalue weighted by Gasteiger charge is -2.25. The molecule has 0 bridgehead atoms. The first kappa shape index (κ1) is 20.6. The topological polar surface area (TPSA) is 56.1 Å². The number of benzene rings is 2. The lowest BCUT2D eigenvalue weighted by molar-refractivity contribution is 0.271. The number of rotatable bonds is 6. The Kier molecular flexibility index (Phi) is 6.18. The van der Waals surface area contributed by atoms with E-state index < -0.39 is 0 Å². The molecule has 0 radical (unpaired) electrons. The van der Waals surface area contributed by atoms with E-state index in [1.165, 1.54) is 0 Å². The first-order chi connectivity index (χ1) is 14.5. The number of nitrogens with zero attached hydrogens (tertiary/aromatic N) is 2. The van der Waals surface area contributed by atoms with Crippen LogP contribution in [0.3, 0.4) is 0 Å². The molecular formula is C25H31N3O2. The molecule has 2 heterocycles. The molecule has 1 atom stereocenters. The summed E-state index contributed by atoms with van der Waals surface area (Å²) in [6.45, 7) is 9.60. The Morgan fingerprint density at radius 2 is 2.07 bits per heavy atom. The van der Waals surface area contributed by atoms with E-state index in [0.29, 0.717) is 35.9 Å². The number of hydrogen-bond donors (Lipinski definition) is 1. The van der Waals surface area contributed by atoms with Crippen molar-refractivity contribution in [1.82, 2.24) is 14.9 Å². The van der Waals surface area contributed by atoms with Gasteiger partial charge >= 0.3 is 0 Å². The summed E-state index contributed by atoms with van der Waals surface area (Å²) < 4.78 is 7.75. The summed E-state index contributed by atoms with van der Waals surface area (Å²) in [5.74, 6) is 2.34. The van der Waals surface area contributed by atoms with Crippen LogP contribution in [0.25, 0.3) is 22.3 Å². The number of fused-ring (bicyclic) bond motifs is 1. The average Bonchev–Trinajstić information content (AvgIpc) is 2.75. The lowest BCUT2D eigenvalue weighted by atomic mass is 9.99. The Labute approximate surface area is 178 Å². The Morgan fingerprint density at radius 1 is 1.23 bits per heavy atom. The zero-order valence-electron chi connectivity index (χ0n) is 18.1. The maximum Gasteiger partial charge on any atom is 0.261 e. The number of aromatic nitrogens is 2. The summed E-state index contributed by atoms with van der Waals surface area (Å²) in [5, 5.41) is 4.09.